The number of thioether (sulfide) groups is 1. The molecule has 1 saturated heterocycles. The van der Waals surface area contributed by atoms with Crippen molar-refractivity contribution in [2.75, 3.05) is 6.54 Å². The molecule has 2 amide bonds. The van der Waals surface area contributed by atoms with Gasteiger partial charge in [0.2, 0.25) is 0 Å². The van der Waals surface area contributed by atoms with Crippen LogP contribution in [0.2, 0.25) is 0 Å². The van der Waals surface area contributed by atoms with Crippen molar-refractivity contribution in [1.82, 2.24) is 9.47 Å². The Bertz CT molecular complexity index is 848. The Morgan fingerprint density at radius 3 is 2.65 bits per heavy atom. The number of imide groups is 1. The van der Waals surface area contributed by atoms with E-state index in [1.54, 1.807) is 6.92 Å². The Hall–Kier alpha value is -2.27. The van der Waals surface area contributed by atoms with Gasteiger partial charge in [-0.05, 0) is 37.8 Å². The standard InChI is InChI=1S/C18H18N2O2S/c1-4-10-20-12(3)14(13-8-6-7-9-15(13)20)11-16-17(21)19(5-2)18(22)23-16/h4,6-9,11H,1,5,10H2,2-3H3/b16-11+. The molecule has 0 radical (unpaired) electrons. The second kappa shape index (κ2) is 6.08. The zero-order chi connectivity index (χ0) is 16.6. The number of rotatable bonds is 4. The summed E-state index contributed by atoms with van der Waals surface area (Å²) in [6.07, 6.45) is 3.70. The van der Waals surface area contributed by atoms with Gasteiger partial charge in [0.15, 0.2) is 0 Å². The summed E-state index contributed by atoms with van der Waals surface area (Å²) in [6, 6.07) is 8.07. The van der Waals surface area contributed by atoms with Gasteiger partial charge in [-0.25, -0.2) is 0 Å². The number of hydrogen-bond acceptors (Lipinski definition) is 3. The minimum atomic E-state index is -0.206. The second-order valence-electron chi connectivity index (χ2n) is 5.34. The summed E-state index contributed by atoms with van der Waals surface area (Å²) in [6.45, 7) is 8.75. The normalized spacial score (nSPS) is 16.8. The fourth-order valence-electron chi connectivity index (χ4n) is 2.91. The summed E-state index contributed by atoms with van der Waals surface area (Å²) in [5, 5.41) is 0.881. The van der Waals surface area contributed by atoms with Gasteiger partial charge < -0.3 is 4.57 Å². The van der Waals surface area contributed by atoms with Crippen LogP contribution in [0.1, 0.15) is 18.2 Å². The summed E-state index contributed by atoms with van der Waals surface area (Å²) < 4.78 is 2.16. The molecule has 4 nitrogen and oxygen atoms in total. The molecule has 5 heteroatoms. The van der Waals surface area contributed by atoms with Crippen molar-refractivity contribution in [3.8, 4) is 0 Å². The molecule has 0 unspecified atom stereocenters. The topological polar surface area (TPSA) is 42.3 Å². The molecule has 1 aliphatic heterocycles. The number of carbonyl (C=O) groups excluding carboxylic acids is 2. The number of likely N-dealkylation sites (N-methyl/N-ethyl adjacent to an activating group) is 1. The van der Waals surface area contributed by atoms with Crippen LogP contribution < -0.4 is 0 Å². The molecule has 0 spiro atoms. The molecule has 3 rings (SSSR count). The second-order valence-corrected chi connectivity index (χ2v) is 6.33. The predicted molar refractivity (Wildman–Crippen MR) is 95.2 cm³/mol. The van der Waals surface area contributed by atoms with E-state index in [0.29, 0.717) is 18.0 Å². The number of para-hydroxylation sites is 1. The minimum Gasteiger partial charge on any atom is -0.340 e. The van der Waals surface area contributed by atoms with E-state index >= 15 is 0 Å². The van der Waals surface area contributed by atoms with Crippen LogP contribution in [-0.4, -0.2) is 27.2 Å². The van der Waals surface area contributed by atoms with Crippen LogP contribution in [0.5, 0.6) is 0 Å². The van der Waals surface area contributed by atoms with E-state index < -0.39 is 0 Å². The highest BCUT2D eigenvalue weighted by Gasteiger charge is 2.34. The fourth-order valence-corrected chi connectivity index (χ4v) is 3.79. The molecule has 2 aromatic rings. The zero-order valence-corrected chi connectivity index (χ0v) is 14.0. The van der Waals surface area contributed by atoms with Gasteiger partial charge in [0.05, 0.1) is 4.91 Å². The first-order valence-electron chi connectivity index (χ1n) is 7.52. The van der Waals surface area contributed by atoms with Crippen molar-refractivity contribution < 1.29 is 9.59 Å². The van der Waals surface area contributed by atoms with E-state index in [2.05, 4.69) is 17.2 Å². The highest BCUT2D eigenvalue weighted by molar-refractivity contribution is 8.18. The highest BCUT2D eigenvalue weighted by atomic mass is 32.2. The number of carbonyl (C=O) groups is 2. The van der Waals surface area contributed by atoms with E-state index in [0.717, 1.165) is 33.9 Å². The van der Waals surface area contributed by atoms with Crippen molar-refractivity contribution in [2.24, 2.45) is 0 Å². The van der Waals surface area contributed by atoms with Gasteiger partial charge in [-0.15, -0.1) is 6.58 Å². The summed E-state index contributed by atoms with van der Waals surface area (Å²) >= 11 is 1.01. The van der Waals surface area contributed by atoms with Gasteiger partial charge in [0.25, 0.3) is 11.1 Å². The maximum absolute atomic E-state index is 12.3. The van der Waals surface area contributed by atoms with Crippen LogP contribution >= 0.6 is 11.8 Å². The van der Waals surface area contributed by atoms with E-state index in [1.807, 2.05) is 37.3 Å². The van der Waals surface area contributed by atoms with Crippen LogP contribution in [0, 0.1) is 6.92 Å². The third-order valence-corrected chi connectivity index (χ3v) is 4.96. The number of aromatic nitrogens is 1. The maximum Gasteiger partial charge on any atom is 0.293 e. The molecule has 0 bridgehead atoms. The zero-order valence-electron chi connectivity index (χ0n) is 13.2. The number of amides is 2. The molecule has 1 aromatic heterocycles. The first kappa shape index (κ1) is 15.6. The lowest BCUT2D eigenvalue weighted by atomic mass is 10.1. The SMILES string of the molecule is C=CCn1c(C)c(/C=C2/SC(=O)N(CC)C2=O)c2ccccc21. The van der Waals surface area contributed by atoms with Crippen molar-refractivity contribution in [3.63, 3.8) is 0 Å². The molecule has 2 heterocycles. The van der Waals surface area contributed by atoms with E-state index in [1.165, 1.54) is 4.90 Å². The Morgan fingerprint density at radius 1 is 1.26 bits per heavy atom. The Labute approximate surface area is 139 Å². The average Bonchev–Trinajstić information content (AvgIpc) is 2.96. The smallest absolute Gasteiger partial charge is 0.293 e. The lowest BCUT2D eigenvalue weighted by Crippen LogP contribution is -2.27. The lowest BCUT2D eigenvalue weighted by molar-refractivity contribution is -0.122. The molecule has 0 atom stereocenters. The summed E-state index contributed by atoms with van der Waals surface area (Å²) in [4.78, 5) is 26.0. The Morgan fingerprint density at radius 2 is 2.00 bits per heavy atom. The highest BCUT2D eigenvalue weighted by Crippen LogP contribution is 2.35. The van der Waals surface area contributed by atoms with Crippen LogP contribution in [0.25, 0.3) is 17.0 Å². The van der Waals surface area contributed by atoms with Gasteiger partial charge in [-0.3, -0.25) is 14.5 Å². The average molecular weight is 326 g/mol. The van der Waals surface area contributed by atoms with Gasteiger partial charge in [-0.1, -0.05) is 24.3 Å². The summed E-state index contributed by atoms with van der Waals surface area (Å²) in [5.74, 6) is -0.206. The monoisotopic (exact) mass is 326 g/mol. The lowest BCUT2D eigenvalue weighted by Gasteiger charge is -2.07. The molecule has 0 N–H and O–H groups in total. The minimum absolute atomic E-state index is 0.198. The Kier molecular flexibility index (Phi) is 4.13. The number of nitrogens with zero attached hydrogens (tertiary/aromatic N) is 2. The van der Waals surface area contributed by atoms with Gasteiger partial charge in [0.1, 0.15) is 0 Å². The van der Waals surface area contributed by atoms with Crippen molar-refractivity contribution >= 4 is 39.9 Å². The predicted octanol–water partition coefficient (Wildman–Crippen LogP) is 4.19. The fraction of sp³-hybridized carbons (Fsp3) is 0.222. The van der Waals surface area contributed by atoms with E-state index in [9.17, 15) is 9.59 Å². The largest absolute Gasteiger partial charge is 0.340 e. The number of hydrogen-bond donors (Lipinski definition) is 0. The van der Waals surface area contributed by atoms with Crippen molar-refractivity contribution in [1.29, 1.82) is 0 Å². The molecule has 23 heavy (non-hydrogen) atoms. The van der Waals surface area contributed by atoms with Crippen LogP contribution in [0.4, 0.5) is 4.79 Å². The van der Waals surface area contributed by atoms with Gasteiger partial charge >= 0.3 is 0 Å². The molecular weight excluding hydrogens is 308 g/mol. The van der Waals surface area contributed by atoms with E-state index in [-0.39, 0.29) is 11.1 Å². The summed E-state index contributed by atoms with van der Waals surface area (Å²) in [5.41, 5.74) is 3.16. The molecule has 1 aromatic carbocycles. The number of fused-ring (bicyclic) bond motifs is 1. The van der Waals surface area contributed by atoms with Gasteiger partial charge in [0, 0.05) is 35.2 Å². The third kappa shape index (κ3) is 2.51. The molecule has 1 fully saturated rings. The molecule has 118 valence electrons. The molecule has 0 aliphatic carbocycles. The number of benzene rings is 1. The first-order valence-corrected chi connectivity index (χ1v) is 8.34. The summed E-state index contributed by atoms with van der Waals surface area (Å²) in [7, 11) is 0. The molecule has 1 aliphatic rings. The van der Waals surface area contributed by atoms with Crippen molar-refractivity contribution in [2.45, 2.75) is 20.4 Å². The van der Waals surface area contributed by atoms with Crippen LogP contribution in [0.3, 0.4) is 0 Å². The van der Waals surface area contributed by atoms with Crippen molar-refractivity contribution in [3.05, 3.63) is 53.1 Å². The quantitative estimate of drug-likeness (QED) is 0.625. The number of allylic oxidation sites excluding steroid dienone is 1. The molecule has 0 saturated carbocycles. The first-order chi connectivity index (χ1) is 11.1. The van der Waals surface area contributed by atoms with Crippen LogP contribution in [0.15, 0.2) is 41.8 Å². The maximum atomic E-state index is 12.3. The molecular formula is C18H18N2O2S. The Balaban J connectivity index is 2.16. The van der Waals surface area contributed by atoms with Gasteiger partial charge in [-0.2, -0.15) is 0 Å². The van der Waals surface area contributed by atoms with E-state index in [4.69, 9.17) is 0 Å². The van der Waals surface area contributed by atoms with Crippen LogP contribution in [-0.2, 0) is 11.3 Å². The third-order valence-electron chi connectivity index (χ3n) is 4.06.